The van der Waals surface area contributed by atoms with Gasteiger partial charge in [0, 0.05) is 44.4 Å². The summed E-state index contributed by atoms with van der Waals surface area (Å²) in [7, 11) is -3.25. The highest BCUT2D eigenvalue weighted by molar-refractivity contribution is 7.90. The average Bonchev–Trinajstić information content (AvgIpc) is 2.92. The molecule has 7 nitrogen and oxygen atoms in total. The fourth-order valence-corrected chi connectivity index (χ4v) is 5.84. The number of likely N-dealkylation sites (tertiary alicyclic amines) is 1. The number of likely N-dealkylation sites (N-methyl/N-ethyl adjacent to an activating group) is 1. The Labute approximate surface area is 234 Å². The molecule has 1 fully saturated rings. The van der Waals surface area contributed by atoms with Gasteiger partial charge in [0.05, 0.1) is 17.4 Å². The smallest absolute Gasteiger partial charge is 0.227 e. The molecule has 8 heteroatoms. The quantitative estimate of drug-likeness (QED) is 0.372. The third-order valence-electron chi connectivity index (χ3n) is 7.59. The molecule has 39 heavy (non-hydrogen) atoms. The van der Waals surface area contributed by atoms with E-state index < -0.39 is 9.84 Å². The van der Waals surface area contributed by atoms with E-state index in [-0.39, 0.29) is 41.1 Å². The van der Waals surface area contributed by atoms with Crippen LogP contribution in [-0.2, 0) is 25.8 Å². The topological polar surface area (TPSA) is 86.8 Å². The molecule has 0 bridgehead atoms. The van der Waals surface area contributed by atoms with Gasteiger partial charge < -0.3 is 15.1 Å². The number of carbonyl (C=O) groups is 2. The van der Waals surface area contributed by atoms with Gasteiger partial charge in [0.25, 0.3) is 0 Å². The molecule has 0 radical (unpaired) electrons. The summed E-state index contributed by atoms with van der Waals surface area (Å²) in [6.07, 6.45) is 6.52. The van der Waals surface area contributed by atoms with E-state index in [1.807, 2.05) is 36.9 Å². The Morgan fingerprint density at radius 1 is 1.10 bits per heavy atom. The van der Waals surface area contributed by atoms with Gasteiger partial charge in [0.15, 0.2) is 9.84 Å². The summed E-state index contributed by atoms with van der Waals surface area (Å²) in [6, 6.07) is 16.9. The number of nitrogens with one attached hydrogen (secondary N) is 1. The van der Waals surface area contributed by atoms with E-state index in [0.717, 1.165) is 50.0 Å². The minimum atomic E-state index is -3.25. The number of hydrogen-bond acceptors (Lipinski definition) is 5. The predicted molar refractivity (Wildman–Crippen MR) is 156 cm³/mol. The number of benzene rings is 2. The molecule has 0 spiro atoms. The van der Waals surface area contributed by atoms with Gasteiger partial charge in [-0.15, -0.1) is 6.58 Å². The van der Waals surface area contributed by atoms with Crippen LogP contribution in [-0.4, -0.2) is 68.5 Å². The van der Waals surface area contributed by atoms with E-state index in [1.165, 1.54) is 6.26 Å². The summed E-state index contributed by atoms with van der Waals surface area (Å²) in [4.78, 5) is 30.5. The van der Waals surface area contributed by atoms with Crippen molar-refractivity contribution in [2.75, 3.05) is 32.4 Å². The SMILES string of the molecule is C=CCC(C)C(=O)NC(CCN1CCC(N(CC)C(=O)Cc2ccc(S(C)(=O)=O)cc2)CC1)c1ccccc1. The Hall–Kier alpha value is -2.97. The number of carbonyl (C=O) groups excluding carboxylic acids is 2. The number of allylic oxidation sites excluding steroid dienone is 1. The maximum Gasteiger partial charge on any atom is 0.227 e. The lowest BCUT2D eigenvalue weighted by atomic mass is 9.99. The Kier molecular flexibility index (Phi) is 11.3. The minimum absolute atomic E-state index is 0.0468. The zero-order chi connectivity index (χ0) is 28.4. The monoisotopic (exact) mass is 553 g/mol. The minimum Gasteiger partial charge on any atom is -0.349 e. The molecule has 2 atom stereocenters. The van der Waals surface area contributed by atoms with Crippen LogP contribution in [0.4, 0.5) is 0 Å². The molecule has 2 unspecified atom stereocenters. The largest absolute Gasteiger partial charge is 0.349 e. The summed E-state index contributed by atoms with van der Waals surface area (Å²) in [6.45, 7) is 11.0. The lowest BCUT2D eigenvalue weighted by Crippen LogP contribution is -2.48. The molecular weight excluding hydrogens is 510 g/mol. The number of nitrogens with zero attached hydrogens (tertiary/aromatic N) is 2. The van der Waals surface area contributed by atoms with E-state index in [9.17, 15) is 18.0 Å². The summed E-state index contributed by atoms with van der Waals surface area (Å²) in [5.74, 6) is 0.00807. The van der Waals surface area contributed by atoms with Crippen LogP contribution >= 0.6 is 0 Å². The first-order valence-corrected chi connectivity index (χ1v) is 15.8. The van der Waals surface area contributed by atoms with Gasteiger partial charge in [0.1, 0.15) is 0 Å². The summed E-state index contributed by atoms with van der Waals surface area (Å²) in [5.41, 5.74) is 1.93. The van der Waals surface area contributed by atoms with Crippen molar-refractivity contribution in [1.29, 1.82) is 0 Å². The fraction of sp³-hybridized carbons (Fsp3) is 0.484. The average molecular weight is 554 g/mol. The molecule has 0 aromatic heterocycles. The van der Waals surface area contributed by atoms with Crippen LogP contribution < -0.4 is 5.32 Å². The predicted octanol–water partition coefficient (Wildman–Crippen LogP) is 4.41. The van der Waals surface area contributed by atoms with Crippen molar-refractivity contribution < 1.29 is 18.0 Å². The van der Waals surface area contributed by atoms with Crippen LogP contribution in [0.1, 0.15) is 56.7 Å². The maximum atomic E-state index is 13.1. The van der Waals surface area contributed by atoms with Crippen LogP contribution in [0.5, 0.6) is 0 Å². The van der Waals surface area contributed by atoms with Gasteiger partial charge in [-0.05, 0) is 55.9 Å². The second-order valence-corrected chi connectivity index (χ2v) is 12.5. The second-order valence-electron chi connectivity index (χ2n) is 10.5. The second kappa shape index (κ2) is 14.4. The molecule has 0 aliphatic carbocycles. The normalized spacial score (nSPS) is 16.3. The highest BCUT2D eigenvalue weighted by atomic mass is 32.2. The van der Waals surface area contributed by atoms with Gasteiger partial charge in [-0.2, -0.15) is 0 Å². The van der Waals surface area contributed by atoms with Crippen molar-refractivity contribution in [2.24, 2.45) is 5.92 Å². The standard InChI is InChI=1S/C31H43N3O4S/c1-5-10-24(3)31(36)32-29(26-11-8-7-9-12-26)19-22-33-20-17-27(18-21-33)34(6-2)30(35)23-25-13-15-28(16-14-25)39(4,37)38/h5,7-9,11-16,24,27,29H,1,6,10,17-23H2,2-4H3,(H,32,36). The summed E-state index contributed by atoms with van der Waals surface area (Å²) < 4.78 is 23.4. The molecule has 1 heterocycles. The van der Waals surface area contributed by atoms with Crippen LogP contribution in [0, 0.1) is 5.92 Å². The number of rotatable bonds is 13. The van der Waals surface area contributed by atoms with E-state index in [2.05, 4.69) is 28.9 Å². The van der Waals surface area contributed by atoms with Crippen LogP contribution in [0.2, 0.25) is 0 Å². The number of hydrogen-bond donors (Lipinski definition) is 1. The van der Waals surface area contributed by atoms with Crippen LogP contribution in [0.25, 0.3) is 0 Å². The first-order valence-electron chi connectivity index (χ1n) is 13.9. The molecule has 2 aromatic rings. The first kappa shape index (κ1) is 30.6. The third kappa shape index (κ3) is 9.04. The van der Waals surface area contributed by atoms with Gasteiger partial charge >= 0.3 is 0 Å². The number of amides is 2. The van der Waals surface area contributed by atoms with E-state index in [0.29, 0.717) is 13.0 Å². The molecule has 2 aromatic carbocycles. The highest BCUT2D eigenvalue weighted by Crippen LogP contribution is 2.22. The van der Waals surface area contributed by atoms with Gasteiger partial charge in [-0.1, -0.05) is 55.5 Å². The molecule has 3 rings (SSSR count). The molecule has 1 aliphatic rings. The van der Waals surface area contributed by atoms with E-state index in [1.54, 1.807) is 30.3 Å². The third-order valence-corrected chi connectivity index (χ3v) is 8.71. The van der Waals surface area contributed by atoms with Gasteiger partial charge in [0.2, 0.25) is 11.8 Å². The Morgan fingerprint density at radius 2 is 1.74 bits per heavy atom. The van der Waals surface area contributed by atoms with Crippen molar-refractivity contribution in [2.45, 2.75) is 62.9 Å². The molecule has 2 amide bonds. The summed E-state index contributed by atoms with van der Waals surface area (Å²) in [5, 5.41) is 3.24. The highest BCUT2D eigenvalue weighted by Gasteiger charge is 2.28. The Balaban J connectivity index is 1.53. The van der Waals surface area contributed by atoms with Crippen LogP contribution in [0.15, 0.2) is 72.1 Å². The van der Waals surface area contributed by atoms with Gasteiger partial charge in [-0.3, -0.25) is 9.59 Å². The molecular formula is C31H43N3O4S. The van der Waals surface area contributed by atoms with E-state index in [4.69, 9.17) is 0 Å². The maximum absolute atomic E-state index is 13.1. The van der Waals surface area contributed by atoms with Crippen molar-refractivity contribution in [3.8, 4) is 0 Å². The zero-order valence-electron chi connectivity index (χ0n) is 23.5. The number of piperidine rings is 1. The fourth-order valence-electron chi connectivity index (χ4n) is 5.21. The van der Waals surface area contributed by atoms with Crippen molar-refractivity contribution in [3.05, 3.63) is 78.4 Å². The molecule has 1 N–H and O–H groups in total. The van der Waals surface area contributed by atoms with Gasteiger partial charge in [-0.25, -0.2) is 8.42 Å². The lowest BCUT2D eigenvalue weighted by Gasteiger charge is -2.38. The molecule has 212 valence electrons. The molecule has 1 aliphatic heterocycles. The summed E-state index contributed by atoms with van der Waals surface area (Å²) >= 11 is 0. The molecule has 0 saturated carbocycles. The van der Waals surface area contributed by atoms with Crippen molar-refractivity contribution in [3.63, 3.8) is 0 Å². The number of sulfone groups is 1. The van der Waals surface area contributed by atoms with Crippen LogP contribution in [0.3, 0.4) is 0 Å². The van der Waals surface area contributed by atoms with E-state index >= 15 is 0 Å². The van der Waals surface area contributed by atoms with Crippen molar-refractivity contribution in [1.82, 2.24) is 15.1 Å². The first-order chi connectivity index (χ1) is 18.6. The van der Waals surface area contributed by atoms with Crippen molar-refractivity contribution >= 4 is 21.7 Å². The Morgan fingerprint density at radius 3 is 2.31 bits per heavy atom. The zero-order valence-corrected chi connectivity index (χ0v) is 24.3. The Bertz CT molecular complexity index is 1190. The lowest BCUT2D eigenvalue weighted by molar-refractivity contribution is -0.133. The molecule has 1 saturated heterocycles.